The van der Waals surface area contributed by atoms with Gasteiger partial charge in [-0.05, 0) is 43.5 Å². The van der Waals surface area contributed by atoms with Crippen molar-refractivity contribution in [1.82, 2.24) is 25.1 Å². The van der Waals surface area contributed by atoms with Crippen LogP contribution in [0, 0.1) is 13.8 Å². The number of fused-ring (bicyclic) bond motifs is 1. The van der Waals surface area contributed by atoms with Crippen LogP contribution in [0.1, 0.15) is 32.3 Å². The van der Waals surface area contributed by atoms with E-state index < -0.39 is 0 Å². The molecule has 0 spiro atoms. The number of amides is 1. The second-order valence-corrected chi connectivity index (χ2v) is 7.42. The zero-order chi connectivity index (χ0) is 18.8. The van der Waals surface area contributed by atoms with Crippen molar-refractivity contribution >= 4 is 28.3 Å². The molecule has 0 bridgehead atoms. The van der Waals surface area contributed by atoms with Crippen LogP contribution in [0.2, 0.25) is 0 Å². The Morgan fingerprint density at radius 1 is 1.15 bits per heavy atom. The third-order valence-electron chi connectivity index (χ3n) is 4.24. The van der Waals surface area contributed by atoms with Gasteiger partial charge in [0.05, 0.1) is 35.9 Å². The number of nitrogens with one attached hydrogen (secondary N) is 1. The number of carbonyl (C=O) groups excluding carboxylic acids is 1. The Balaban J connectivity index is 1.61. The molecule has 0 saturated carbocycles. The van der Waals surface area contributed by atoms with Crippen LogP contribution >= 0.6 is 11.3 Å². The third-order valence-corrected chi connectivity index (χ3v) is 5.10. The van der Waals surface area contributed by atoms with Gasteiger partial charge in [-0.1, -0.05) is 12.1 Å². The average Bonchev–Trinajstić information content (AvgIpc) is 3.30. The Morgan fingerprint density at radius 3 is 2.81 bits per heavy atom. The topological polar surface area (TPSA) is 72.7 Å². The molecule has 4 aromatic heterocycles. The summed E-state index contributed by atoms with van der Waals surface area (Å²) in [4.78, 5) is 23.0. The molecule has 7 heteroatoms. The van der Waals surface area contributed by atoms with Gasteiger partial charge in [-0.2, -0.15) is 5.10 Å². The lowest BCUT2D eigenvalue weighted by molar-refractivity contribution is 0.0952. The molecule has 0 radical (unpaired) electrons. The highest BCUT2D eigenvalue weighted by atomic mass is 32.1. The monoisotopic (exact) mass is 377 g/mol. The number of thiophene rings is 1. The van der Waals surface area contributed by atoms with E-state index in [0.29, 0.717) is 18.7 Å². The first-order valence-electron chi connectivity index (χ1n) is 8.66. The van der Waals surface area contributed by atoms with Crippen LogP contribution < -0.4 is 5.32 Å². The fourth-order valence-corrected chi connectivity index (χ4v) is 3.68. The van der Waals surface area contributed by atoms with E-state index in [1.807, 2.05) is 48.2 Å². The molecule has 0 aliphatic rings. The number of carbonyl (C=O) groups is 1. The summed E-state index contributed by atoms with van der Waals surface area (Å²) in [6, 6.07) is 11.7. The first-order chi connectivity index (χ1) is 13.1. The van der Waals surface area contributed by atoms with Crippen molar-refractivity contribution in [2.75, 3.05) is 0 Å². The minimum Gasteiger partial charge on any atom is -0.346 e. The maximum atomic E-state index is 12.8. The number of aryl methyl sites for hydroxylation is 2. The predicted molar refractivity (Wildman–Crippen MR) is 106 cm³/mol. The van der Waals surface area contributed by atoms with Gasteiger partial charge in [0, 0.05) is 16.3 Å². The molecular weight excluding hydrogens is 358 g/mol. The summed E-state index contributed by atoms with van der Waals surface area (Å²) in [6.07, 6.45) is 1.72. The minimum atomic E-state index is -0.149. The van der Waals surface area contributed by atoms with Gasteiger partial charge < -0.3 is 5.32 Å². The zero-order valence-electron chi connectivity index (χ0n) is 15.1. The smallest absolute Gasteiger partial charge is 0.252 e. The van der Waals surface area contributed by atoms with Gasteiger partial charge in [0.15, 0.2) is 5.65 Å². The van der Waals surface area contributed by atoms with Crippen LogP contribution in [0.4, 0.5) is 0 Å². The van der Waals surface area contributed by atoms with E-state index >= 15 is 0 Å². The molecule has 27 heavy (non-hydrogen) atoms. The predicted octanol–water partition coefficient (Wildman–Crippen LogP) is 3.48. The van der Waals surface area contributed by atoms with Gasteiger partial charge >= 0.3 is 0 Å². The van der Waals surface area contributed by atoms with Crippen molar-refractivity contribution in [3.05, 3.63) is 75.5 Å². The molecule has 0 aromatic carbocycles. The summed E-state index contributed by atoms with van der Waals surface area (Å²) < 4.78 is 1.84. The Hall–Kier alpha value is -3.06. The van der Waals surface area contributed by atoms with Gasteiger partial charge in [-0.25, -0.2) is 9.67 Å². The van der Waals surface area contributed by atoms with Crippen LogP contribution in [-0.4, -0.2) is 25.7 Å². The van der Waals surface area contributed by atoms with E-state index in [2.05, 4.69) is 26.4 Å². The lowest BCUT2D eigenvalue weighted by atomic mass is 10.1. The second-order valence-electron chi connectivity index (χ2n) is 6.38. The molecule has 6 nitrogen and oxygen atoms in total. The first kappa shape index (κ1) is 17.4. The number of hydrogen-bond donors (Lipinski definition) is 1. The van der Waals surface area contributed by atoms with Crippen LogP contribution in [0.5, 0.6) is 0 Å². The first-order valence-corrected chi connectivity index (χ1v) is 9.54. The molecular formula is C20H19N5OS. The molecule has 1 amide bonds. The maximum absolute atomic E-state index is 12.8. The Morgan fingerprint density at radius 2 is 2.04 bits per heavy atom. The number of pyridine rings is 2. The van der Waals surface area contributed by atoms with Gasteiger partial charge in [0.25, 0.3) is 5.91 Å². The summed E-state index contributed by atoms with van der Waals surface area (Å²) in [5.41, 5.74) is 3.86. The Kier molecular flexibility index (Phi) is 4.68. The van der Waals surface area contributed by atoms with E-state index in [4.69, 9.17) is 0 Å². The standard InChI is InChI=1S/C20H19N5OS/c1-13-5-3-6-15(23-13)10-21-20(26)17-9-14(2)24-19-18(17)11-22-25(19)12-16-7-4-8-27-16/h3-9,11H,10,12H2,1-2H3,(H,21,26). The van der Waals surface area contributed by atoms with Crippen molar-refractivity contribution in [2.45, 2.75) is 26.9 Å². The number of hydrogen-bond acceptors (Lipinski definition) is 5. The zero-order valence-corrected chi connectivity index (χ0v) is 16.0. The quantitative estimate of drug-likeness (QED) is 0.578. The van der Waals surface area contributed by atoms with Crippen LogP contribution in [0.25, 0.3) is 11.0 Å². The highest BCUT2D eigenvalue weighted by molar-refractivity contribution is 7.09. The summed E-state index contributed by atoms with van der Waals surface area (Å²) in [5.74, 6) is -0.149. The molecule has 0 aliphatic heterocycles. The summed E-state index contributed by atoms with van der Waals surface area (Å²) >= 11 is 1.68. The molecule has 0 saturated heterocycles. The molecule has 0 atom stereocenters. The SMILES string of the molecule is Cc1cccc(CNC(=O)c2cc(C)nc3c2cnn3Cc2cccs2)n1. The lowest BCUT2D eigenvalue weighted by Gasteiger charge is -2.08. The van der Waals surface area contributed by atoms with Crippen molar-refractivity contribution < 1.29 is 4.79 Å². The number of aromatic nitrogens is 4. The summed E-state index contributed by atoms with van der Waals surface area (Å²) in [6.45, 7) is 4.85. The molecule has 4 rings (SSSR count). The highest BCUT2D eigenvalue weighted by Crippen LogP contribution is 2.20. The molecule has 1 N–H and O–H groups in total. The van der Waals surface area contributed by atoms with Crippen molar-refractivity contribution in [3.63, 3.8) is 0 Å². The van der Waals surface area contributed by atoms with E-state index in [1.165, 1.54) is 4.88 Å². The largest absolute Gasteiger partial charge is 0.346 e. The van der Waals surface area contributed by atoms with Gasteiger partial charge in [-0.3, -0.25) is 9.78 Å². The molecule has 4 heterocycles. The summed E-state index contributed by atoms with van der Waals surface area (Å²) in [5, 5.41) is 10.2. The minimum absolute atomic E-state index is 0.149. The van der Waals surface area contributed by atoms with Gasteiger partial charge in [0.2, 0.25) is 0 Å². The van der Waals surface area contributed by atoms with Gasteiger partial charge in [0.1, 0.15) is 0 Å². The van der Waals surface area contributed by atoms with E-state index in [9.17, 15) is 4.79 Å². The summed E-state index contributed by atoms with van der Waals surface area (Å²) in [7, 11) is 0. The van der Waals surface area contributed by atoms with Crippen molar-refractivity contribution in [2.24, 2.45) is 0 Å². The van der Waals surface area contributed by atoms with Crippen LogP contribution in [0.3, 0.4) is 0 Å². The van der Waals surface area contributed by atoms with E-state index in [0.717, 1.165) is 28.1 Å². The molecule has 4 aromatic rings. The van der Waals surface area contributed by atoms with Crippen LogP contribution in [0.15, 0.2) is 48.0 Å². The Labute approximate surface area is 160 Å². The second kappa shape index (κ2) is 7.28. The molecule has 136 valence electrons. The van der Waals surface area contributed by atoms with Crippen LogP contribution in [-0.2, 0) is 13.1 Å². The molecule has 0 unspecified atom stereocenters. The van der Waals surface area contributed by atoms with Gasteiger partial charge in [-0.15, -0.1) is 11.3 Å². The fraction of sp³-hybridized carbons (Fsp3) is 0.200. The highest BCUT2D eigenvalue weighted by Gasteiger charge is 2.16. The maximum Gasteiger partial charge on any atom is 0.252 e. The van der Waals surface area contributed by atoms with Crippen molar-refractivity contribution in [3.8, 4) is 0 Å². The number of nitrogens with zero attached hydrogens (tertiary/aromatic N) is 4. The Bertz CT molecular complexity index is 1100. The average molecular weight is 377 g/mol. The normalized spacial score (nSPS) is 11.0. The van der Waals surface area contributed by atoms with Crippen molar-refractivity contribution in [1.29, 1.82) is 0 Å². The van der Waals surface area contributed by atoms with E-state index in [-0.39, 0.29) is 5.91 Å². The lowest BCUT2D eigenvalue weighted by Crippen LogP contribution is -2.24. The third kappa shape index (κ3) is 3.73. The fourth-order valence-electron chi connectivity index (χ4n) is 2.99. The number of rotatable bonds is 5. The van der Waals surface area contributed by atoms with E-state index in [1.54, 1.807) is 23.6 Å². The molecule has 0 aliphatic carbocycles. The molecule has 0 fully saturated rings.